The lowest BCUT2D eigenvalue weighted by atomic mass is 9.96. The van der Waals surface area contributed by atoms with Gasteiger partial charge >= 0.3 is 0 Å². The van der Waals surface area contributed by atoms with E-state index in [4.69, 9.17) is 4.74 Å². The molecule has 0 aliphatic heterocycles. The van der Waals surface area contributed by atoms with Crippen LogP contribution in [0.25, 0.3) is 0 Å². The highest BCUT2D eigenvalue weighted by molar-refractivity contribution is 5.10. The van der Waals surface area contributed by atoms with Crippen molar-refractivity contribution in [2.45, 2.75) is 65.1 Å². The van der Waals surface area contributed by atoms with Crippen LogP contribution < -0.4 is 5.32 Å². The lowest BCUT2D eigenvalue weighted by molar-refractivity contribution is -0.0292. The molecule has 0 unspecified atom stereocenters. The third kappa shape index (κ3) is 4.25. The third-order valence-corrected chi connectivity index (χ3v) is 3.47. The maximum atomic E-state index is 5.64. The van der Waals surface area contributed by atoms with Gasteiger partial charge in [-0.05, 0) is 33.6 Å². The van der Waals surface area contributed by atoms with Crippen molar-refractivity contribution in [2.75, 3.05) is 7.11 Å². The van der Waals surface area contributed by atoms with Crippen LogP contribution in [0.15, 0.2) is 12.4 Å². The molecule has 4 nitrogen and oxygen atoms in total. The second-order valence-electron chi connectivity index (χ2n) is 5.92. The normalized spacial score (nSPS) is 12.7. The molecule has 1 aromatic rings. The molecule has 0 bridgehead atoms. The number of hydrogen-bond acceptors (Lipinski definition) is 4. The van der Waals surface area contributed by atoms with Crippen LogP contribution in [0, 0.1) is 0 Å². The Bertz CT molecular complexity index is 369. The summed E-state index contributed by atoms with van der Waals surface area (Å²) in [5, 5.41) is 3.43. The number of rotatable bonds is 6. The number of aromatic nitrogens is 2. The molecule has 0 saturated heterocycles. The molecule has 1 rings (SSSR count). The van der Waals surface area contributed by atoms with Crippen LogP contribution in [0.4, 0.5) is 0 Å². The highest BCUT2D eigenvalue weighted by Gasteiger charge is 2.31. The first-order valence-corrected chi connectivity index (χ1v) is 6.98. The molecule has 108 valence electrons. The summed E-state index contributed by atoms with van der Waals surface area (Å²) >= 11 is 0. The lowest BCUT2D eigenvalue weighted by Gasteiger charge is -2.28. The van der Waals surface area contributed by atoms with Crippen molar-refractivity contribution >= 4 is 0 Å². The van der Waals surface area contributed by atoms with Gasteiger partial charge in [0.2, 0.25) is 0 Å². The van der Waals surface area contributed by atoms with E-state index in [0.717, 1.165) is 30.8 Å². The van der Waals surface area contributed by atoms with Gasteiger partial charge in [0.05, 0.1) is 0 Å². The van der Waals surface area contributed by atoms with E-state index in [2.05, 4.69) is 49.9 Å². The standard InChI is InChI=1S/C15H27N3O/c1-7-15(8-2,19-6)13-16-9-12(10-17-13)11-18-14(3,4)5/h9-10,18H,7-8,11H2,1-6H3. The zero-order valence-electron chi connectivity index (χ0n) is 13.1. The van der Waals surface area contributed by atoms with Crippen LogP contribution >= 0.6 is 0 Å². The molecular weight excluding hydrogens is 238 g/mol. The first-order chi connectivity index (χ1) is 8.87. The van der Waals surface area contributed by atoms with Crippen molar-refractivity contribution in [1.29, 1.82) is 0 Å². The first-order valence-electron chi connectivity index (χ1n) is 6.98. The monoisotopic (exact) mass is 265 g/mol. The van der Waals surface area contributed by atoms with Crippen molar-refractivity contribution in [2.24, 2.45) is 0 Å². The van der Waals surface area contributed by atoms with E-state index >= 15 is 0 Å². The minimum Gasteiger partial charge on any atom is -0.370 e. The summed E-state index contributed by atoms with van der Waals surface area (Å²) in [6, 6.07) is 0. The van der Waals surface area contributed by atoms with Gasteiger partial charge in [-0.25, -0.2) is 9.97 Å². The van der Waals surface area contributed by atoms with Crippen molar-refractivity contribution in [3.63, 3.8) is 0 Å². The molecule has 1 N–H and O–H groups in total. The summed E-state index contributed by atoms with van der Waals surface area (Å²) in [7, 11) is 1.73. The van der Waals surface area contributed by atoms with Gasteiger partial charge in [0.1, 0.15) is 5.60 Å². The molecule has 0 aliphatic carbocycles. The van der Waals surface area contributed by atoms with Gasteiger partial charge < -0.3 is 10.1 Å². The Balaban J connectivity index is 2.81. The van der Waals surface area contributed by atoms with Crippen molar-refractivity contribution in [1.82, 2.24) is 15.3 Å². The van der Waals surface area contributed by atoms with Gasteiger partial charge in [-0.2, -0.15) is 0 Å². The molecule has 0 atom stereocenters. The fraction of sp³-hybridized carbons (Fsp3) is 0.733. The average molecular weight is 265 g/mol. The van der Waals surface area contributed by atoms with E-state index in [1.165, 1.54) is 0 Å². The Morgan fingerprint density at radius 3 is 2.00 bits per heavy atom. The van der Waals surface area contributed by atoms with Crippen LogP contribution in [-0.4, -0.2) is 22.6 Å². The van der Waals surface area contributed by atoms with Crippen LogP contribution in [-0.2, 0) is 16.9 Å². The average Bonchev–Trinajstić information content (AvgIpc) is 2.39. The van der Waals surface area contributed by atoms with Crippen LogP contribution in [0.5, 0.6) is 0 Å². The second kappa shape index (κ2) is 6.44. The Morgan fingerprint density at radius 2 is 1.63 bits per heavy atom. The van der Waals surface area contributed by atoms with Crippen LogP contribution in [0.3, 0.4) is 0 Å². The largest absolute Gasteiger partial charge is 0.370 e. The number of ether oxygens (including phenoxy) is 1. The predicted molar refractivity (Wildman–Crippen MR) is 77.9 cm³/mol. The van der Waals surface area contributed by atoms with Gasteiger partial charge in [0.25, 0.3) is 0 Å². The molecule has 0 radical (unpaired) electrons. The van der Waals surface area contributed by atoms with E-state index in [9.17, 15) is 0 Å². The molecular formula is C15H27N3O. The molecule has 0 spiro atoms. The van der Waals surface area contributed by atoms with Crippen molar-refractivity contribution in [3.05, 3.63) is 23.8 Å². The second-order valence-corrected chi connectivity index (χ2v) is 5.92. The molecule has 19 heavy (non-hydrogen) atoms. The Morgan fingerprint density at radius 1 is 1.11 bits per heavy atom. The van der Waals surface area contributed by atoms with E-state index in [0.29, 0.717) is 0 Å². The van der Waals surface area contributed by atoms with E-state index in [1.54, 1.807) is 7.11 Å². The fourth-order valence-corrected chi connectivity index (χ4v) is 1.99. The number of methoxy groups -OCH3 is 1. The maximum Gasteiger partial charge on any atom is 0.160 e. The van der Waals surface area contributed by atoms with Gasteiger partial charge in [0.15, 0.2) is 5.82 Å². The molecule has 4 heteroatoms. The van der Waals surface area contributed by atoms with Gasteiger partial charge in [-0.1, -0.05) is 13.8 Å². The molecule has 1 aromatic heterocycles. The topological polar surface area (TPSA) is 47.0 Å². The van der Waals surface area contributed by atoms with Crippen molar-refractivity contribution in [3.8, 4) is 0 Å². The summed E-state index contributed by atoms with van der Waals surface area (Å²) in [6.07, 6.45) is 5.53. The maximum absolute atomic E-state index is 5.64. The minimum absolute atomic E-state index is 0.0990. The quantitative estimate of drug-likeness (QED) is 0.859. The Kier molecular flexibility index (Phi) is 5.44. The predicted octanol–water partition coefficient (Wildman–Crippen LogP) is 3.03. The summed E-state index contributed by atoms with van der Waals surface area (Å²) < 4.78 is 5.64. The summed E-state index contributed by atoms with van der Waals surface area (Å²) in [4.78, 5) is 8.98. The molecule has 0 aliphatic rings. The van der Waals surface area contributed by atoms with Crippen LogP contribution in [0.2, 0.25) is 0 Å². The van der Waals surface area contributed by atoms with E-state index in [1.807, 2.05) is 12.4 Å². The summed E-state index contributed by atoms with van der Waals surface area (Å²) in [5.74, 6) is 0.777. The number of nitrogens with zero attached hydrogens (tertiary/aromatic N) is 2. The van der Waals surface area contributed by atoms with Gasteiger partial charge in [-0.3, -0.25) is 0 Å². The Hall–Kier alpha value is -1.00. The fourth-order valence-electron chi connectivity index (χ4n) is 1.99. The molecule has 1 heterocycles. The van der Waals surface area contributed by atoms with E-state index in [-0.39, 0.29) is 11.1 Å². The minimum atomic E-state index is -0.351. The van der Waals surface area contributed by atoms with Gasteiger partial charge in [0, 0.05) is 37.2 Å². The number of hydrogen-bond donors (Lipinski definition) is 1. The van der Waals surface area contributed by atoms with Gasteiger partial charge in [-0.15, -0.1) is 0 Å². The molecule has 0 saturated carbocycles. The zero-order valence-corrected chi connectivity index (χ0v) is 13.1. The molecule has 0 fully saturated rings. The number of nitrogens with one attached hydrogen (secondary N) is 1. The molecule has 0 aromatic carbocycles. The third-order valence-electron chi connectivity index (χ3n) is 3.47. The lowest BCUT2D eigenvalue weighted by Crippen LogP contribution is -2.35. The highest BCUT2D eigenvalue weighted by Crippen LogP contribution is 2.29. The zero-order chi connectivity index (χ0) is 14.5. The summed E-state index contributed by atoms with van der Waals surface area (Å²) in [6.45, 7) is 11.4. The highest BCUT2D eigenvalue weighted by atomic mass is 16.5. The first kappa shape index (κ1) is 16.1. The summed E-state index contributed by atoms with van der Waals surface area (Å²) in [5.41, 5.74) is 0.841. The Labute approximate surface area is 117 Å². The van der Waals surface area contributed by atoms with E-state index < -0.39 is 0 Å². The SMILES string of the molecule is CCC(CC)(OC)c1ncc(CNC(C)(C)C)cn1. The van der Waals surface area contributed by atoms with Crippen molar-refractivity contribution < 1.29 is 4.74 Å². The van der Waals surface area contributed by atoms with Crippen LogP contribution in [0.1, 0.15) is 58.8 Å². The smallest absolute Gasteiger partial charge is 0.160 e. The molecule has 0 amide bonds.